The maximum Gasteiger partial charge on any atom is 0.289 e. The van der Waals surface area contributed by atoms with Crippen molar-refractivity contribution in [1.82, 2.24) is 20.9 Å². The molecule has 10 nitrogen and oxygen atoms in total. The minimum Gasteiger partial charge on any atom is -0.353 e. The molecule has 4 N–H and O–H groups in total. The first kappa shape index (κ1) is 26.3. The number of hydrogen-bond donors (Lipinski definition) is 4. The summed E-state index contributed by atoms with van der Waals surface area (Å²) in [5, 5.41) is 12.3. The summed E-state index contributed by atoms with van der Waals surface area (Å²) < 4.78 is 0. The minimum absolute atomic E-state index is 0.00951. The molecule has 4 amide bonds. The number of rotatable bonds is 9. The van der Waals surface area contributed by atoms with Crippen molar-refractivity contribution in [2.75, 3.05) is 12.4 Å². The minimum atomic E-state index is -1.25. The van der Waals surface area contributed by atoms with E-state index in [1.54, 1.807) is 17.8 Å². The number of likely N-dealkylation sites (N-methyl/N-ethyl adjacent to an activating group) is 1. The molecule has 1 aliphatic heterocycles. The van der Waals surface area contributed by atoms with Crippen molar-refractivity contribution in [3.8, 4) is 0 Å². The van der Waals surface area contributed by atoms with Gasteiger partial charge < -0.3 is 21.3 Å². The Hall–Kier alpha value is -3.31. The molecule has 0 spiro atoms. The number of benzene rings is 1. The first-order valence-electron chi connectivity index (χ1n) is 11.0. The Balaban J connectivity index is 1.83. The second kappa shape index (κ2) is 11.4. The second-order valence-corrected chi connectivity index (χ2v) is 9.52. The van der Waals surface area contributed by atoms with Crippen LogP contribution in [0, 0.1) is 5.92 Å². The molecule has 186 valence electrons. The Labute approximate surface area is 211 Å². The molecule has 3 rings (SSSR count). The van der Waals surface area contributed by atoms with Gasteiger partial charge in [0.25, 0.3) is 11.8 Å². The standard InChI is InChI=1S/C23H26ClN5O5S/c1-11-6-13(21(32)27-11)7-17(19(30)23(34)25-3)29-22(33)15-8-14(24)4-5-16(15)28-20(31)12(2)18-9-35-10-26-18/h4-5,8-13,17H,6-7H2,1-3H3,(H,25,34)(H,27,32)(H,28,31)(H,29,33)/t11-,12?,13+,17?/m1/s1. The normalized spacial score (nSPS) is 18.8. The molecule has 1 fully saturated rings. The molecular weight excluding hydrogens is 494 g/mol. The van der Waals surface area contributed by atoms with Gasteiger partial charge in [0.2, 0.25) is 17.6 Å². The van der Waals surface area contributed by atoms with Gasteiger partial charge in [0, 0.05) is 29.4 Å². The number of halogens is 1. The number of Topliss-reactive ketones (excluding diaryl/α,β-unsaturated/α-hetero) is 1. The van der Waals surface area contributed by atoms with Gasteiger partial charge in [-0.3, -0.25) is 24.0 Å². The fourth-order valence-corrected chi connectivity index (χ4v) is 4.63. The number of hydrogen-bond acceptors (Lipinski definition) is 7. The zero-order valence-corrected chi connectivity index (χ0v) is 21.0. The Bertz CT molecular complexity index is 1140. The summed E-state index contributed by atoms with van der Waals surface area (Å²) in [6, 6.07) is 3.02. The average molecular weight is 520 g/mol. The summed E-state index contributed by atoms with van der Waals surface area (Å²) >= 11 is 7.46. The first-order valence-corrected chi connectivity index (χ1v) is 12.3. The lowest BCUT2D eigenvalue weighted by molar-refractivity contribution is -0.139. The number of aromatic nitrogens is 1. The van der Waals surface area contributed by atoms with Crippen LogP contribution in [0.25, 0.3) is 0 Å². The van der Waals surface area contributed by atoms with Gasteiger partial charge in [0.05, 0.1) is 34.4 Å². The highest BCUT2D eigenvalue weighted by molar-refractivity contribution is 7.07. The molecule has 1 saturated heterocycles. The lowest BCUT2D eigenvalue weighted by atomic mass is 9.93. The highest BCUT2D eigenvalue weighted by Gasteiger charge is 2.36. The van der Waals surface area contributed by atoms with E-state index >= 15 is 0 Å². The topological polar surface area (TPSA) is 146 Å². The van der Waals surface area contributed by atoms with Crippen LogP contribution < -0.4 is 21.3 Å². The fraction of sp³-hybridized carbons (Fsp3) is 0.391. The van der Waals surface area contributed by atoms with E-state index in [-0.39, 0.29) is 40.6 Å². The van der Waals surface area contributed by atoms with Crippen molar-refractivity contribution in [3.63, 3.8) is 0 Å². The average Bonchev–Trinajstić information content (AvgIpc) is 3.47. The summed E-state index contributed by atoms with van der Waals surface area (Å²) in [7, 11) is 1.30. The van der Waals surface area contributed by atoms with Crippen molar-refractivity contribution in [1.29, 1.82) is 0 Å². The van der Waals surface area contributed by atoms with Gasteiger partial charge in [0.1, 0.15) is 0 Å². The number of carbonyl (C=O) groups is 5. The predicted octanol–water partition coefficient (Wildman–Crippen LogP) is 1.87. The Morgan fingerprint density at radius 2 is 2.03 bits per heavy atom. The molecule has 2 heterocycles. The number of amides is 4. The van der Waals surface area contributed by atoms with Gasteiger partial charge in [-0.25, -0.2) is 4.98 Å². The van der Waals surface area contributed by atoms with E-state index in [0.29, 0.717) is 12.1 Å². The number of thiazole rings is 1. The highest BCUT2D eigenvalue weighted by atomic mass is 35.5. The molecular formula is C23H26ClN5O5S. The fourth-order valence-electron chi connectivity index (χ4n) is 3.81. The number of carbonyl (C=O) groups excluding carboxylic acids is 5. The summed E-state index contributed by atoms with van der Waals surface area (Å²) in [5.41, 5.74) is 2.40. The molecule has 35 heavy (non-hydrogen) atoms. The van der Waals surface area contributed by atoms with Crippen LogP contribution in [0.3, 0.4) is 0 Å². The van der Waals surface area contributed by atoms with Gasteiger partial charge in [0.15, 0.2) is 0 Å². The second-order valence-electron chi connectivity index (χ2n) is 8.36. The monoisotopic (exact) mass is 519 g/mol. The van der Waals surface area contributed by atoms with E-state index in [4.69, 9.17) is 11.6 Å². The number of nitrogens with one attached hydrogen (secondary N) is 4. The smallest absolute Gasteiger partial charge is 0.289 e. The molecule has 1 aromatic carbocycles. The maximum absolute atomic E-state index is 13.2. The van der Waals surface area contributed by atoms with Crippen molar-refractivity contribution < 1.29 is 24.0 Å². The molecule has 1 aromatic heterocycles. The van der Waals surface area contributed by atoms with E-state index in [0.717, 1.165) is 0 Å². The van der Waals surface area contributed by atoms with Gasteiger partial charge >= 0.3 is 0 Å². The van der Waals surface area contributed by atoms with Crippen LogP contribution in [0.1, 0.15) is 48.7 Å². The summed E-state index contributed by atoms with van der Waals surface area (Å²) in [6.07, 6.45) is 0.427. The molecule has 12 heteroatoms. The van der Waals surface area contributed by atoms with E-state index in [9.17, 15) is 24.0 Å². The molecule has 2 aromatic rings. The molecule has 4 atom stereocenters. The molecule has 1 aliphatic rings. The van der Waals surface area contributed by atoms with Crippen LogP contribution in [0.2, 0.25) is 5.02 Å². The van der Waals surface area contributed by atoms with Crippen LogP contribution in [-0.2, 0) is 19.2 Å². The van der Waals surface area contributed by atoms with E-state index < -0.39 is 35.5 Å². The van der Waals surface area contributed by atoms with Crippen molar-refractivity contribution in [2.45, 2.75) is 44.7 Å². The van der Waals surface area contributed by atoms with Crippen LogP contribution in [-0.4, -0.2) is 53.5 Å². The number of ketones is 1. The van der Waals surface area contributed by atoms with Gasteiger partial charge in [-0.05, 0) is 44.9 Å². The Morgan fingerprint density at radius 3 is 2.63 bits per heavy atom. The Morgan fingerprint density at radius 1 is 1.29 bits per heavy atom. The van der Waals surface area contributed by atoms with Crippen LogP contribution in [0.15, 0.2) is 29.1 Å². The van der Waals surface area contributed by atoms with Crippen LogP contribution in [0.5, 0.6) is 0 Å². The zero-order chi connectivity index (χ0) is 25.7. The van der Waals surface area contributed by atoms with E-state index in [1.807, 2.05) is 6.92 Å². The number of anilines is 1. The lowest BCUT2D eigenvalue weighted by Gasteiger charge is -2.21. The molecule has 0 saturated carbocycles. The molecule has 0 radical (unpaired) electrons. The number of nitrogens with zero attached hydrogens (tertiary/aromatic N) is 1. The third-order valence-corrected chi connectivity index (χ3v) is 6.60. The van der Waals surface area contributed by atoms with Gasteiger partial charge in [-0.1, -0.05) is 11.6 Å². The van der Waals surface area contributed by atoms with E-state index in [2.05, 4.69) is 26.3 Å². The van der Waals surface area contributed by atoms with Gasteiger partial charge in [-0.2, -0.15) is 0 Å². The third-order valence-electron chi connectivity index (χ3n) is 5.76. The lowest BCUT2D eigenvalue weighted by Crippen LogP contribution is -2.48. The molecule has 0 aliphatic carbocycles. The summed E-state index contributed by atoms with van der Waals surface area (Å²) in [6.45, 7) is 3.52. The van der Waals surface area contributed by atoms with Crippen LogP contribution in [0.4, 0.5) is 5.69 Å². The maximum atomic E-state index is 13.2. The van der Waals surface area contributed by atoms with Crippen LogP contribution >= 0.6 is 22.9 Å². The third kappa shape index (κ3) is 6.43. The van der Waals surface area contributed by atoms with Crippen molar-refractivity contribution in [3.05, 3.63) is 45.4 Å². The molecule has 2 unspecified atom stereocenters. The van der Waals surface area contributed by atoms with Crippen molar-refractivity contribution in [2.24, 2.45) is 5.92 Å². The first-order chi connectivity index (χ1) is 16.6. The Kier molecular flexibility index (Phi) is 8.57. The molecule has 0 bridgehead atoms. The van der Waals surface area contributed by atoms with Crippen molar-refractivity contribution >= 4 is 58.0 Å². The SMILES string of the molecule is CNC(=O)C(=O)C(C[C@@H]1C[C@@H](C)NC1=O)NC(=O)c1cc(Cl)ccc1NC(=O)C(C)c1cscn1. The van der Waals surface area contributed by atoms with Gasteiger partial charge in [-0.15, -0.1) is 11.3 Å². The quantitative estimate of drug-likeness (QED) is 0.372. The predicted molar refractivity (Wildman–Crippen MR) is 131 cm³/mol. The summed E-state index contributed by atoms with van der Waals surface area (Å²) in [5.74, 6) is -4.23. The summed E-state index contributed by atoms with van der Waals surface area (Å²) in [4.78, 5) is 67.1. The highest BCUT2D eigenvalue weighted by Crippen LogP contribution is 2.25. The largest absolute Gasteiger partial charge is 0.353 e. The zero-order valence-electron chi connectivity index (χ0n) is 19.4. The van der Waals surface area contributed by atoms with E-state index in [1.165, 1.54) is 36.6 Å².